The molecule has 0 amide bonds. The van der Waals surface area contributed by atoms with Crippen LogP contribution in [-0.2, 0) is 11.2 Å². The van der Waals surface area contributed by atoms with Crippen LogP contribution in [0.2, 0.25) is 0 Å². The lowest BCUT2D eigenvalue weighted by Gasteiger charge is -1.96. The van der Waals surface area contributed by atoms with Crippen molar-refractivity contribution in [1.29, 1.82) is 0 Å². The van der Waals surface area contributed by atoms with Crippen LogP contribution in [-0.4, -0.2) is 10.8 Å². The first-order valence-electron chi connectivity index (χ1n) is 3.79. The molecule has 0 unspecified atom stereocenters. The summed E-state index contributed by atoms with van der Waals surface area (Å²) in [5, 5.41) is 0. The lowest BCUT2D eigenvalue weighted by molar-refractivity contribution is -0.114. The van der Waals surface area contributed by atoms with Gasteiger partial charge >= 0.3 is 0 Å². The van der Waals surface area contributed by atoms with E-state index in [1.807, 2.05) is 19.1 Å². The van der Waals surface area contributed by atoms with E-state index in [1.54, 1.807) is 6.20 Å². The van der Waals surface area contributed by atoms with Gasteiger partial charge in [-0.25, -0.2) is 0 Å². The molecule has 1 aromatic heterocycles. The molecular formula is C10H11NO. The van der Waals surface area contributed by atoms with Gasteiger partial charge in [0.15, 0.2) is 5.78 Å². The highest BCUT2D eigenvalue weighted by Gasteiger charge is 1.98. The van der Waals surface area contributed by atoms with Gasteiger partial charge in [0.2, 0.25) is 0 Å². The Hall–Kier alpha value is -1.44. The van der Waals surface area contributed by atoms with Gasteiger partial charge in [-0.05, 0) is 24.6 Å². The molecule has 2 nitrogen and oxygen atoms in total. The summed E-state index contributed by atoms with van der Waals surface area (Å²) in [4.78, 5) is 15.0. The van der Waals surface area contributed by atoms with Crippen LogP contribution in [0, 0.1) is 6.92 Å². The molecule has 1 heterocycles. The molecule has 0 saturated heterocycles. The average molecular weight is 161 g/mol. The first-order chi connectivity index (χ1) is 5.72. The largest absolute Gasteiger partial charge is 0.294 e. The van der Waals surface area contributed by atoms with Crippen molar-refractivity contribution < 1.29 is 4.79 Å². The summed E-state index contributed by atoms with van der Waals surface area (Å²) in [6, 6.07) is 3.80. The quantitative estimate of drug-likeness (QED) is 0.631. The molecule has 0 saturated carbocycles. The van der Waals surface area contributed by atoms with Crippen LogP contribution in [0.1, 0.15) is 11.3 Å². The minimum Gasteiger partial charge on any atom is -0.294 e. The van der Waals surface area contributed by atoms with E-state index in [4.69, 9.17) is 0 Å². The van der Waals surface area contributed by atoms with Gasteiger partial charge in [0.05, 0.1) is 6.42 Å². The van der Waals surface area contributed by atoms with Crippen LogP contribution in [0.4, 0.5) is 0 Å². The second-order valence-corrected chi connectivity index (χ2v) is 2.67. The van der Waals surface area contributed by atoms with E-state index in [1.165, 1.54) is 6.08 Å². The van der Waals surface area contributed by atoms with E-state index in [2.05, 4.69) is 11.6 Å². The summed E-state index contributed by atoms with van der Waals surface area (Å²) in [6.07, 6.45) is 3.43. The molecule has 0 radical (unpaired) electrons. The fraction of sp³-hybridized carbons (Fsp3) is 0.200. The monoisotopic (exact) mass is 161 g/mol. The SMILES string of the molecule is C=CC(=O)Cc1ccc(C)cn1. The maximum absolute atomic E-state index is 10.9. The number of allylic oxidation sites excluding steroid dienone is 1. The normalized spacial score (nSPS) is 9.42. The van der Waals surface area contributed by atoms with Gasteiger partial charge in [-0.1, -0.05) is 12.6 Å². The average Bonchev–Trinajstić information content (AvgIpc) is 2.09. The molecule has 2 heteroatoms. The van der Waals surface area contributed by atoms with Gasteiger partial charge in [-0.3, -0.25) is 9.78 Å². The number of pyridine rings is 1. The van der Waals surface area contributed by atoms with Crippen LogP contribution in [0.15, 0.2) is 31.0 Å². The van der Waals surface area contributed by atoms with Crippen molar-refractivity contribution >= 4 is 5.78 Å². The van der Waals surface area contributed by atoms with Crippen LogP contribution in [0.25, 0.3) is 0 Å². The van der Waals surface area contributed by atoms with E-state index in [-0.39, 0.29) is 5.78 Å². The van der Waals surface area contributed by atoms with Crippen LogP contribution < -0.4 is 0 Å². The molecule has 0 atom stereocenters. The van der Waals surface area contributed by atoms with Crippen LogP contribution in [0.3, 0.4) is 0 Å². The maximum atomic E-state index is 10.9. The summed E-state index contributed by atoms with van der Waals surface area (Å²) < 4.78 is 0. The summed E-state index contributed by atoms with van der Waals surface area (Å²) in [7, 11) is 0. The Morgan fingerprint density at radius 2 is 2.42 bits per heavy atom. The van der Waals surface area contributed by atoms with Crippen molar-refractivity contribution in [2.45, 2.75) is 13.3 Å². The summed E-state index contributed by atoms with van der Waals surface area (Å²) >= 11 is 0. The zero-order chi connectivity index (χ0) is 8.97. The first-order valence-corrected chi connectivity index (χ1v) is 3.79. The van der Waals surface area contributed by atoms with Gasteiger partial charge in [0.25, 0.3) is 0 Å². The second kappa shape index (κ2) is 3.81. The van der Waals surface area contributed by atoms with Crippen molar-refractivity contribution in [2.75, 3.05) is 0 Å². The lowest BCUT2D eigenvalue weighted by atomic mass is 10.2. The molecule has 0 aromatic carbocycles. The van der Waals surface area contributed by atoms with Gasteiger partial charge < -0.3 is 0 Å². The topological polar surface area (TPSA) is 30.0 Å². The van der Waals surface area contributed by atoms with E-state index in [0.29, 0.717) is 6.42 Å². The molecule has 0 bridgehead atoms. The molecule has 0 aliphatic rings. The lowest BCUT2D eigenvalue weighted by Crippen LogP contribution is -1.99. The summed E-state index contributed by atoms with van der Waals surface area (Å²) in [6.45, 7) is 5.36. The maximum Gasteiger partial charge on any atom is 0.161 e. The van der Waals surface area contributed by atoms with Gasteiger partial charge in [-0.15, -0.1) is 0 Å². The Labute approximate surface area is 71.9 Å². The van der Waals surface area contributed by atoms with Crippen molar-refractivity contribution in [3.05, 3.63) is 42.2 Å². The molecule has 1 rings (SSSR count). The molecule has 0 spiro atoms. The molecule has 1 aromatic rings. The third-order valence-corrected chi connectivity index (χ3v) is 1.56. The van der Waals surface area contributed by atoms with Crippen molar-refractivity contribution in [3.8, 4) is 0 Å². The summed E-state index contributed by atoms with van der Waals surface area (Å²) in [5.41, 5.74) is 1.90. The number of hydrogen-bond acceptors (Lipinski definition) is 2. The second-order valence-electron chi connectivity index (χ2n) is 2.67. The number of ketones is 1. The Morgan fingerprint density at radius 3 is 2.92 bits per heavy atom. The molecule has 0 fully saturated rings. The third kappa shape index (κ3) is 2.31. The predicted molar refractivity (Wildman–Crippen MR) is 47.9 cm³/mol. The minimum absolute atomic E-state index is 0.00588. The molecule has 0 aliphatic heterocycles. The Bertz CT molecular complexity index is 287. The third-order valence-electron chi connectivity index (χ3n) is 1.56. The zero-order valence-corrected chi connectivity index (χ0v) is 7.08. The summed E-state index contributed by atoms with van der Waals surface area (Å²) in [5.74, 6) is 0.00588. The van der Waals surface area contributed by atoms with E-state index >= 15 is 0 Å². The van der Waals surface area contributed by atoms with Crippen molar-refractivity contribution in [3.63, 3.8) is 0 Å². The van der Waals surface area contributed by atoms with Gasteiger partial charge in [-0.2, -0.15) is 0 Å². The van der Waals surface area contributed by atoms with E-state index in [0.717, 1.165) is 11.3 Å². The number of hydrogen-bond donors (Lipinski definition) is 0. The van der Waals surface area contributed by atoms with Crippen LogP contribution >= 0.6 is 0 Å². The molecule has 62 valence electrons. The molecule has 0 aliphatic carbocycles. The smallest absolute Gasteiger partial charge is 0.161 e. The van der Waals surface area contributed by atoms with Crippen molar-refractivity contribution in [1.82, 2.24) is 4.98 Å². The first kappa shape index (κ1) is 8.65. The fourth-order valence-electron chi connectivity index (χ4n) is 0.854. The number of rotatable bonds is 3. The van der Waals surface area contributed by atoms with Gasteiger partial charge in [0, 0.05) is 11.9 Å². The number of aryl methyl sites for hydroxylation is 1. The Morgan fingerprint density at radius 1 is 1.67 bits per heavy atom. The van der Waals surface area contributed by atoms with Gasteiger partial charge in [0.1, 0.15) is 0 Å². The Balaban J connectivity index is 2.71. The fourth-order valence-corrected chi connectivity index (χ4v) is 0.854. The number of carbonyl (C=O) groups excluding carboxylic acids is 1. The predicted octanol–water partition coefficient (Wildman–Crippen LogP) is 1.69. The van der Waals surface area contributed by atoms with Crippen molar-refractivity contribution in [2.24, 2.45) is 0 Å². The minimum atomic E-state index is 0.00588. The molecule has 0 N–H and O–H groups in total. The number of nitrogens with zero attached hydrogens (tertiary/aromatic N) is 1. The van der Waals surface area contributed by atoms with E-state index < -0.39 is 0 Å². The Kier molecular flexibility index (Phi) is 2.75. The highest BCUT2D eigenvalue weighted by atomic mass is 16.1. The molecule has 12 heavy (non-hydrogen) atoms. The van der Waals surface area contributed by atoms with Crippen LogP contribution in [0.5, 0.6) is 0 Å². The molecular weight excluding hydrogens is 150 g/mol. The van der Waals surface area contributed by atoms with E-state index in [9.17, 15) is 4.79 Å². The highest BCUT2D eigenvalue weighted by Crippen LogP contribution is 1.99. The highest BCUT2D eigenvalue weighted by molar-refractivity contribution is 5.90. The number of carbonyl (C=O) groups is 1. The zero-order valence-electron chi connectivity index (χ0n) is 7.08. The standard InChI is InChI=1S/C10H11NO/c1-3-10(12)6-9-5-4-8(2)7-11-9/h3-5,7H,1,6H2,2H3. The number of aromatic nitrogens is 1.